The van der Waals surface area contributed by atoms with Crippen molar-refractivity contribution < 1.29 is 14.3 Å². The zero-order valence-electron chi connectivity index (χ0n) is 15.4. The summed E-state index contributed by atoms with van der Waals surface area (Å²) in [6.07, 6.45) is 7.64. The molecule has 0 saturated carbocycles. The molecule has 2 saturated heterocycles. The number of aromatic nitrogens is 1. The lowest BCUT2D eigenvalue weighted by atomic mass is 9.86. The molecular weight excluding hydrogens is 342 g/mol. The summed E-state index contributed by atoms with van der Waals surface area (Å²) in [5.41, 5.74) is 1.42. The number of carbonyl (C=O) groups excluding carboxylic acids is 2. The van der Waals surface area contributed by atoms with Gasteiger partial charge in [-0.1, -0.05) is 0 Å². The number of benzene rings is 1. The van der Waals surface area contributed by atoms with Gasteiger partial charge in [0.05, 0.1) is 12.0 Å². The molecule has 2 aliphatic heterocycles. The van der Waals surface area contributed by atoms with Crippen molar-refractivity contribution in [2.75, 3.05) is 30.0 Å². The highest BCUT2D eigenvalue weighted by molar-refractivity contribution is 5.96. The van der Waals surface area contributed by atoms with Crippen LogP contribution in [-0.4, -0.2) is 36.1 Å². The Morgan fingerprint density at radius 1 is 1.11 bits per heavy atom. The Bertz CT molecular complexity index is 793. The van der Waals surface area contributed by atoms with Gasteiger partial charge in [0.1, 0.15) is 0 Å². The molecule has 0 unspecified atom stereocenters. The fourth-order valence-electron chi connectivity index (χ4n) is 4.08. The molecule has 4 rings (SSSR count). The molecule has 2 aliphatic rings. The molecule has 142 valence electrons. The van der Waals surface area contributed by atoms with Crippen LogP contribution in [-0.2, 0) is 19.9 Å². The van der Waals surface area contributed by atoms with Crippen molar-refractivity contribution in [3.05, 3.63) is 48.8 Å². The molecule has 0 aliphatic carbocycles. The monoisotopic (exact) mass is 367 g/mol. The van der Waals surface area contributed by atoms with Gasteiger partial charge < -0.3 is 19.5 Å². The van der Waals surface area contributed by atoms with Crippen LogP contribution in [0, 0.1) is 0 Å². The molecule has 2 amide bonds. The third-order valence-corrected chi connectivity index (χ3v) is 5.60. The van der Waals surface area contributed by atoms with Crippen LogP contribution in [0.15, 0.2) is 48.8 Å². The Kier molecular flexibility index (Phi) is 4.99. The third-order valence-electron chi connectivity index (χ3n) is 5.60. The number of amides is 2. The Balaban J connectivity index is 1.43. The summed E-state index contributed by atoms with van der Waals surface area (Å²) >= 11 is 0. The molecule has 1 aromatic heterocycles. The highest BCUT2D eigenvalue weighted by atomic mass is 16.5. The highest BCUT2D eigenvalue weighted by Gasteiger charge is 2.36. The Morgan fingerprint density at radius 3 is 2.44 bits per heavy atom. The number of nitrogens with zero attached hydrogens (tertiary/aromatic N) is 2. The van der Waals surface area contributed by atoms with Gasteiger partial charge in [-0.3, -0.25) is 9.59 Å². The van der Waals surface area contributed by atoms with Crippen molar-refractivity contribution in [1.82, 2.24) is 4.57 Å². The Hall–Kier alpha value is -2.60. The zero-order valence-corrected chi connectivity index (χ0v) is 15.4. The van der Waals surface area contributed by atoms with Crippen LogP contribution in [0.1, 0.15) is 32.1 Å². The summed E-state index contributed by atoms with van der Waals surface area (Å²) in [6, 6.07) is 11.5. The standard InChI is InChI=1S/C21H25N3O3/c25-19(16-21(9-14-27-15-10-21)23-11-1-2-12-23)22-17-5-7-18(8-6-17)24-13-3-4-20(24)26/h1-2,5-8,11-12H,3-4,9-10,13-16H2,(H,22,25). The van der Waals surface area contributed by atoms with E-state index in [4.69, 9.17) is 4.74 Å². The minimum atomic E-state index is -0.228. The number of hydrogen-bond acceptors (Lipinski definition) is 3. The molecule has 6 heteroatoms. The van der Waals surface area contributed by atoms with Gasteiger partial charge in [-0.15, -0.1) is 0 Å². The summed E-state index contributed by atoms with van der Waals surface area (Å²) < 4.78 is 7.67. The summed E-state index contributed by atoms with van der Waals surface area (Å²) in [5.74, 6) is 0.163. The number of hydrogen-bond donors (Lipinski definition) is 1. The van der Waals surface area contributed by atoms with E-state index in [0.29, 0.717) is 26.1 Å². The van der Waals surface area contributed by atoms with E-state index in [9.17, 15) is 9.59 Å². The second-order valence-electron chi connectivity index (χ2n) is 7.35. The Morgan fingerprint density at radius 2 is 1.81 bits per heavy atom. The molecule has 0 spiro atoms. The van der Waals surface area contributed by atoms with Gasteiger partial charge in [0.25, 0.3) is 0 Å². The van der Waals surface area contributed by atoms with Crippen LogP contribution in [0.5, 0.6) is 0 Å². The molecule has 0 atom stereocenters. The van der Waals surface area contributed by atoms with Crippen LogP contribution in [0.4, 0.5) is 11.4 Å². The van der Waals surface area contributed by atoms with Crippen LogP contribution in [0.25, 0.3) is 0 Å². The van der Waals surface area contributed by atoms with Gasteiger partial charge in [0, 0.05) is 49.9 Å². The Labute approximate surface area is 159 Å². The number of carbonyl (C=O) groups is 2. The van der Waals surface area contributed by atoms with Crippen molar-refractivity contribution in [2.24, 2.45) is 0 Å². The van der Waals surface area contributed by atoms with Gasteiger partial charge in [-0.2, -0.15) is 0 Å². The molecule has 2 aromatic rings. The van der Waals surface area contributed by atoms with Crippen molar-refractivity contribution in [2.45, 2.75) is 37.6 Å². The third kappa shape index (κ3) is 3.76. The molecule has 6 nitrogen and oxygen atoms in total. The van der Waals surface area contributed by atoms with Crippen LogP contribution >= 0.6 is 0 Å². The predicted octanol–water partition coefficient (Wildman–Crippen LogP) is 3.15. The van der Waals surface area contributed by atoms with Gasteiger partial charge >= 0.3 is 0 Å². The quantitative estimate of drug-likeness (QED) is 0.883. The van der Waals surface area contributed by atoms with E-state index in [-0.39, 0.29) is 17.4 Å². The van der Waals surface area contributed by atoms with E-state index in [0.717, 1.165) is 37.2 Å². The van der Waals surface area contributed by atoms with Crippen LogP contribution in [0.3, 0.4) is 0 Å². The molecule has 2 fully saturated rings. The van der Waals surface area contributed by atoms with Crippen molar-refractivity contribution in [1.29, 1.82) is 0 Å². The van der Waals surface area contributed by atoms with Crippen molar-refractivity contribution in [3.8, 4) is 0 Å². The van der Waals surface area contributed by atoms with E-state index in [2.05, 4.69) is 9.88 Å². The maximum atomic E-state index is 12.7. The SMILES string of the molecule is O=C(CC1(n2cccc2)CCOCC1)Nc1ccc(N2CCCC2=O)cc1. The first-order valence-corrected chi connectivity index (χ1v) is 9.58. The minimum absolute atomic E-state index is 0.00408. The number of nitrogens with one attached hydrogen (secondary N) is 1. The number of ether oxygens (including phenoxy) is 1. The summed E-state index contributed by atoms with van der Waals surface area (Å²) in [7, 11) is 0. The largest absolute Gasteiger partial charge is 0.381 e. The van der Waals surface area contributed by atoms with E-state index in [1.807, 2.05) is 48.8 Å². The normalized spacial score (nSPS) is 19.3. The fraction of sp³-hybridized carbons (Fsp3) is 0.429. The van der Waals surface area contributed by atoms with E-state index in [1.165, 1.54) is 0 Å². The van der Waals surface area contributed by atoms with Gasteiger partial charge in [0.15, 0.2) is 0 Å². The second-order valence-corrected chi connectivity index (χ2v) is 7.35. The summed E-state index contributed by atoms with van der Waals surface area (Å²) in [6.45, 7) is 2.11. The average molecular weight is 367 g/mol. The maximum absolute atomic E-state index is 12.7. The second kappa shape index (κ2) is 7.56. The molecule has 0 bridgehead atoms. The van der Waals surface area contributed by atoms with Gasteiger partial charge in [-0.25, -0.2) is 0 Å². The van der Waals surface area contributed by atoms with E-state index < -0.39 is 0 Å². The smallest absolute Gasteiger partial charge is 0.227 e. The minimum Gasteiger partial charge on any atom is -0.381 e. The van der Waals surface area contributed by atoms with E-state index >= 15 is 0 Å². The zero-order chi connectivity index (χ0) is 18.7. The average Bonchev–Trinajstić information content (AvgIpc) is 3.35. The molecular formula is C21H25N3O3. The lowest BCUT2D eigenvalue weighted by molar-refractivity contribution is -0.119. The molecule has 1 aromatic carbocycles. The lowest BCUT2D eigenvalue weighted by Gasteiger charge is -2.38. The first-order chi connectivity index (χ1) is 13.2. The topological polar surface area (TPSA) is 63.6 Å². The predicted molar refractivity (Wildman–Crippen MR) is 104 cm³/mol. The molecule has 27 heavy (non-hydrogen) atoms. The molecule has 3 heterocycles. The fourth-order valence-corrected chi connectivity index (χ4v) is 4.08. The van der Waals surface area contributed by atoms with Crippen molar-refractivity contribution >= 4 is 23.2 Å². The molecule has 0 radical (unpaired) electrons. The van der Waals surface area contributed by atoms with Crippen LogP contribution < -0.4 is 10.2 Å². The summed E-state index contributed by atoms with van der Waals surface area (Å²) in [4.78, 5) is 26.4. The highest BCUT2D eigenvalue weighted by Crippen LogP contribution is 2.33. The first kappa shape index (κ1) is 17.8. The van der Waals surface area contributed by atoms with E-state index in [1.54, 1.807) is 4.90 Å². The van der Waals surface area contributed by atoms with Gasteiger partial charge in [0.2, 0.25) is 11.8 Å². The number of rotatable bonds is 5. The van der Waals surface area contributed by atoms with Crippen molar-refractivity contribution in [3.63, 3.8) is 0 Å². The number of anilines is 2. The summed E-state index contributed by atoms with van der Waals surface area (Å²) in [5, 5.41) is 3.01. The lowest BCUT2D eigenvalue weighted by Crippen LogP contribution is -2.42. The first-order valence-electron chi connectivity index (χ1n) is 9.58. The van der Waals surface area contributed by atoms with Crippen LogP contribution in [0.2, 0.25) is 0 Å². The maximum Gasteiger partial charge on any atom is 0.227 e. The molecule has 1 N–H and O–H groups in total. The van der Waals surface area contributed by atoms with Gasteiger partial charge in [-0.05, 0) is 55.7 Å².